The summed E-state index contributed by atoms with van der Waals surface area (Å²) in [4.78, 5) is 42.6. The molecule has 1 aliphatic carbocycles. The van der Waals surface area contributed by atoms with Crippen LogP contribution in [-0.4, -0.2) is 35.7 Å². The van der Waals surface area contributed by atoms with Gasteiger partial charge in [0, 0.05) is 28.9 Å². The molecule has 0 saturated heterocycles. The number of rotatable bonds is 10. The molecule has 1 aromatic heterocycles. The average Bonchev–Trinajstić information content (AvgIpc) is 3.54. The molecule has 1 fully saturated rings. The minimum absolute atomic E-state index is 0.0379. The number of ether oxygens (including phenoxy) is 1. The van der Waals surface area contributed by atoms with Crippen molar-refractivity contribution in [1.29, 1.82) is 5.26 Å². The molecule has 0 radical (unpaired) electrons. The molecular formula is C29H30N4O4. The summed E-state index contributed by atoms with van der Waals surface area (Å²) < 4.78 is 5.39. The number of Topliss-reactive ketones (excluding diaryl/α,β-unsaturated/α-hetero) is 1. The van der Waals surface area contributed by atoms with Gasteiger partial charge in [-0.15, -0.1) is 0 Å². The van der Waals surface area contributed by atoms with Crippen molar-refractivity contribution >= 4 is 34.2 Å². The molecule has 5 rings (SSSR count). The number of fused-ring (bicyclic) bond motifs is 2. The molecule has 2 amide bonds. The van der Waals surface area contributed by atoms with Crippen molar-refractivity contribution in [3.05, 3.63) is 59.8 Å². The Bertz CT molecular complexity index is 1420. The quantitative estimate of drug-likeness (QED) is 0.356. The summed E-state index contributed by atoms with van der Waals surface area (Å²) >= 11 is 0. The Hall–Kier alpha value is -4.12. The number of para-hydroxylation sites is 1. The van der Waals surface area contributed by atoms with Gasteiger partial charge in [-0.25, -0.2) is 0 Å². The zero-order chi connectivity index (χ0) is 26.2. The third-order valence-corrected chi connectivity index (χ3v) is 7.62. The van der Waals surface area contributed by atoms with Crippen LogP contribution in [0, 0.1) is 23.2 Å². The zero-order valence-corrected chi connectivity index (χ0v) is 21.0. The van der Waals surface area contributed by atoms with E-state index in [1.165, 1.54) is 0 Å². The summed E-state index contributed by atoms with van der Waals surface area (Å²) in [6.07, 6.45) is 2.86. The maximum Gasteiger partial charge on any atom is 0.234 e. The van der Waals surface area contributed by atoms with E-state index in [0.29, 0.717) is 23.8 Å². The van der Waals surface area contributed by atoms with Crippen LogP contribution in [0.5, 0.6) is 5.75 Å². The van der Waals surface area contributed by atoms with Gasteiger partial charge in [-0.05, 0) is 55.5 Å². The highest BCUT2D eigenvalue weighted by atomic mass is 16.5. The minimum atomic E-state index is -0.935. The van der Waals surface area contributed by atoms with Crippen LogP contribution in [0.4, 0.5) is 5.69 Å². The number of nitriles is 1. The second-order valence-corrected chi connectivity index (χ2v) is 10.3. The Morgan fingerprint density at radius 2 is 2.00 bits per heavy atom. The van der Waals surface area contributed by atoms with Crippen molar-refractivity contribution in [3.63, 3.8) is 0 Å². The fraction of sp³-hybridized carbons (Fsp3) is 0.379. The van der Waals surface area contributed by atoms with Gasteiger partial charge in [-0.1, -0.05) is 37.1 Å². The summed E-state index contributed by atoms with van der Waals surface area (Å²) in [5.41, 5.74) is 1.82. The second-order valence-electron chi connectivity index (χ2n) is 10.3. The predicted octanol–water partition coefficient (Wildman–Crippen LogP) is 4.47. The van der Waals surface area contributed by atoms with Gasteiger partial charge in [0.1, 0.15) is 11.8 Å². The molecule has 0 spiro atoms. The molecule has 2 heterocycles. The lowest BCUT2D eigenvalue weighted by Crippen LogP contribution is -2.44. The number of nitrogens with zero attached hydrogens (tertiary/aromatic N) is 1. The van der Waals surface area contributed by atoms with Crippen LogP contribution in [0.3, 0.4) is 0 Å². The fourth-order valence-corrected chi connectivity index (χ4v) is 5.31. The number of H-pyrrole nitrogens is 1. The molecule has 37 heavy (non-hydrogen) atoms. The molecule has 1 saturated carbocycles. The third-order valence-electron chi connectivity index (χ3n) is 7.62. The number of hydrogen-bond donors (Lipinski definition) is 3. The van der Waals surface area contributed by atoms with E-state index in [9.17, 15) is 19.6 Å². The van der Waals surface area contributed by atoms with E-state index in [1.807, 2.05) is 42.5 Å². The molecular weight excluding hydrogens is 468 g/mol. The number of aromatic amines is 1. The summed E-state index contributed by atoms with van der Waals surface area (Å²) in [5.74, 6) is -0.150. The molecule has 8 nitrogen and oxygen atoms in total. The monoisotopic (exact) mass is 498 g/mol. The Morgan fingerprint density at radius 1 is 1.22 bits per heavy atom. The first-order chi connectivity index (χ1) is 17.8. The van der Waals surface area contributed by atoms with Crippen molar-refractivity contribution in [1.82, 2.24) is 10.3 Å². The van der Waals surface area contributed by atoms with E-state index in [4.69, 9.17) is 4.74 Å². The van der Waals surface area contributed by atoms with E-state index < -0.39 is 17.4 Å². The number of hydrogen-bond acceptors (Lipinski definition) is 5. The van der Waals surface area contributed by atoms with Gasteiger partial charge in [-0.3, -0.25) is 14.4 Å². The van der Waals surface area contributed by atoms with Gasteiger partial charge in [0.25, 0.3) is 0 Å². The van der Waals surface area contributed by atoms with E-state index in [1.54, 1.807) is 20.1 Å². The number of carbonyl (C=O) groups excluding carboxylic acids is 3. The summed E-state index contributed by atoms with van der Waals surface area (Å²) in [6, 6.07) is 16.0. The molecule has 3 aromatic rings. The van der Waals surface area contributed by atoms with Gasteiger partial charge < -0.3 is 20.4 Å². The number of methoxy groups -OCH3 is 1. The van der Waals surface area contributed by atoms with E-state index in [2.05, 4.69) is 21.7 Å². The SMILES string of the molecule is COc1cccc2[nH]c(C(=O)C[C@@H](CC3CC3)C(=O)N[C@H](C#N)C[C@@]3(C)C(=O)Nc4ccccc43)cc12. The topological polar surface area (TPSA) is 124 Å². The van der Waals surface area contributed by atoms with E-state index >= 15 is 0 Å². The highest BCUT2D eigenvalue weighted by molar-refractivity contribution is 6.06. The van der Waals surface area contributed by atoms with Crippen molar-refractivity contribution in [2.45, 2.75) is 50.5 Å². The summed E-state index contributed by atoms with van der Waals surface area (Å²) in [7, 11) is 1.58. The first-order valence-corrected chi connectivity index (χ1v) is 12.6. The number of amides is 2. The lowest BCUT2D eigenvalue weighted by Gasteiger charge is -2.26. The van der Waals surface area contributed by atoms with Gasteiger partial charge in [-0.2, -0.15) is 5.26 Å². The molecule has 0 bridgehead atoms. The van der Waals surface area contributed by atoms with Gasteiger partial charge in [0.2, 0.25) is 11.8 Å². The molecule has 190 valence electrons. The summed E-state index contributed by atoms with van der Waals surface area (Å²) in [5, 5.41) is 16.4. The first kappa shape index (κ1) is 24.6. The van der Waals surface area contributed by atoms with Crippen LogP contribution in [0.2, 0.25) is 0 Å². The molecule has 2 aliphatic rings. The van der Waals surface area contributed by atoms with Crippen LogP contribution in [0.15, 0.2) is 48.5 Å². The normalized spacial score (nSPS) is 20.0. The van der Waals surface area contributed by atoms with Gasteiger partial charge in [0.05, 0.1) is 24.3 Å². The van der Waals surface area contributed by atoms with Gasteiger partial charge in [0.15, 0.2) is 5.78 Å². The maximum absolute atomic E-state index is 13.4. The van der Waals surface area contributed by atoms with Crippen molar-refractivity contribution in [2.24, 2.45) is 11.8 Å². The fourth-order valence-electron chi connectivity index (χ4n) is 5.31. The van der Waals surface area contributed by atoms with Crippen LogP contribution >= 0.6 is 0 Å². The number of carbonyl (C=O) groups is 3. The van der Waals surface area contributed by atoms with E-state index in [0.717, 1.165) is 35.0 Å². The summed E-state index contributed by atoms with van der Waals surface area (Å²) in [6.45, 7) is 1.79. The lowest BCUT2D eigenvalue weighted by molar-refractivity contribution is -0.126. The second kappa shape index (κ2) is 9.74. The Labute approximate surface area is 215 Å². The molecule has 0 unspecified atom stereocenters. The van der Waals surface area contributed by atoms with Crippen molar-refractivity contribution < 1.29 is 19.1 Å². The van der Waals surface area contributed by atoms with Crippen molar-refractivity contribution in [3.8, 4) is 11.8 Å². The average molecular weight is 499 g/mol. The van der Waals surface area contributed by atoms with Crippen LogP contribution in [-0.2, 0) is 15.0 Å². The molecule has 2 aromatic carbocycles. The standard InChI is InChI=1S/C29H30N4O4/c1-29(21-6-3-4-7-23(21)33-28(29)36)15-19(16-30)31-27(35)18(12-17-10-11-17)13-25(34)24-14-20-22(32-24)8-5-9-26(20)37-2/h3-9,14,17-19,32H,10-13,15H2,1-2H3,(H,31,35)(H,33,36)/t18-,19+,29-/m1/s1. The van der Waals surface area contributed by atoms with Crippen molar-refractivity contribution in [2.75, 3.05) is 12.4 Å². The van der Waals surface area contributed by atoms with Gasteiger partial charge >= 0.3 is 0 Å². The lowest BCUT2D eigenvalue weighted by atomic mass is 9.78. The largest absolute Gasteiger partial charge is 0.496 e. The molecule has 8 heteroatoms. The zero-order valence-electron chi connectivity index (χ0n) is 21.0. The number of benzene rings is 2. The molecule has 1 aliphatic heterocycles. The van der Waals surface area contributed by atoms with Crippen LogP contribution in [0.1, 0.15) is 55.1 Å². The molecule has 3 atom stereocenters. The number of ketones is 1. The highest BCUT2D eigenvalue weighted by Crippen LogP contribution is 2.41. The number of anilines is 1. The van der Waals surface area contributed by atoms with Crippen LogP contribution < -0.4 is 15.4 Å². The number of nitrogens with one attached hydrogen (secondary N) is 3. The smallest absolute Gasteiger partial charge is 0.234 e. The minimum Gasteiger partial charge on any atom is -0.496 e. The van der Waals surface area contributed by atoms with E-state index in [-0.39, 0.29) is 30.4 Å². The maximum atomic E-state index is 13.4. The third kappa shape index (κ3) is 4.82. The Balaban J connectivity index is 1.31. The highest BCUT2D eigenvalue weighted by Gasteiger charge is 2.44. The predicted molar refractivity (Wildman–Crippen MR) is 139 cm³/mol. The molecule has 3 N–H and O–H groups in total. The number of aromatic nitrogens is 1. The van der Waals surface area contributed by atoms with Crippen LogP contribution in [0.25, 0.3) is 10.9 Å². The Kier molecular flexibility index (Phi) is 6.46. The first-order valence-electron chi connectivity index (χ1n) is 12.6. The Morgan fingerprint density at radius 3 is 2.73 bits per heavy atom.